The van der Waals surface area contributed by atoms with Crippen LogP contribution in [0.25, 0.3) is 0 Å². The predicted octanol–water partition coefficient (Wildman–Crippen LogP) is 3.54. The molecule has 26 heavy (non-hydrogen) atoms. The number of nitrogens with one attached hydrogen (secondary N) is 1. The fraction of sp³-hybridized carbons (Fsp3) is 0.524. The molecule has 0 spiro atoms. The first-order chi connectivity index (χ1) is 12.9. The summed E-state index contributed by atoms with van der Waals surface area (Å²) in [5.41, 5.74) is 1.38. The van der Waals surface area contributed by atoms with Crippen molar-refractivity contribution in [2.45, 2.75) is 44.7 Å². The fourth-order valence-corrected chi connectivity index (χ4v) is 4.01. The summed E-state index contributed by atoms with van der Waals surface area (Å²) < 4.78 is 0. The summed E-state index contributed by atoms with van der Waals surface area (Å²) >= 11 is 0. The molecule has 2 aliphatic rings. The molecule has 4 rings (SSSR count). The molecule has 1 aromatic heterocycles. The van der Waals surface area contributed by atoms with Crippen LogP contribution in [0.2, 0.25) is 0 Å². The second-order valence-electron chi connectivity index (χ2n) is 7.49. The highest BCUT2D eigenvalue weighted by Crippen LogP contribution is 2.20. The van der Waals surface area contributed by atoms with Crippen molar-refractivity contribution in [3.05, 3.63) is 48.2 Å². The Balaban J connectivity index is 1.33. The lowest BCUT2D eigenvalue weighted by Gasteiger charge is -2.22. The van der Waals surface area contributed by atoms with Crippen LogP contribution in [0.4, 0.5) is 11.8 Å². The first-order valence-corrected chi connectivity index (χ1v) is 9.98. The SMILES string of the molecule is c1ccc(CN2CCC(Nc3nccc(N4CCCCCC4)n3)C2)cc1. The summed E-state index contributed by atoms with van der Waals surface area (Å²) in [7, 11) is 0. The predicted molar refractivity (Wildman–Crippen MR) is 106 cm³/mol. The Bertz CT molecular complexity index is 682. The largest absolute Gasteiger partial charge is 0.356 e. The number of likely N-dealkylation sites (tertiary alicyclic amines) is 1. The van der Waals surface area contributed by atoms with E-state index in [2.05, 4.69) is 50.4 Å². The highest BCUT2D eigenvalue weighted by Gasteiger charge is 2.23. The van der Waals surface area contributed by atoms with E-state index in [-0.39, 0.29) is 0 Å². The highest BCUT2D eigenvalue weighted by molar-refractivity contribution is 5.43. The number of hydrogen-bond donors (Lipinski definition) is 1. The van der Waals surface area contributed by atoms with Gasteiger partial charge in [-0.3, -0.25) is 4.90 Å². The molecule has 0 radical (unpaired) electrons. The molecule has 1 atom stereocenters. The molecule has 2 fully saturated rings. The van der Waals surface area contributed by atoms with E-state index in [0.717, 1.165) is 50.9 Å². The summed E-state index contributed by atoms with van der Waals surface area (Å²) in [6, 6.07) is 13.2. The van der Waals surface area contributed by atoms with Crippen molar-refractivity contribution in [1.82, 2.24) is 14.9 Å². The van der Waals surface area contributed by atoms with Crippen LogP contribution in [0.3, 0.4) is 0 Å². The number of rotatable bonds is 5. The molecule has 2 saturated heterocycles. The van der Waals surface area contributed by atoms with Crippen molar-refractivity contribution in [2.24, 2.45) is 0 Å². The molecule has 138 valence electrons. The van der Waals surface area contributed by atoms with Crippen molar-refractivity contribution in [3.63, 3.8) is 0 Å². The smallest absolute Gasteiger partial charge is 0.224 e. The van der Waals surface area contributed by atoms with Crippen LogP contribution in [0.1, 0.15) is 37.7 Å². The maximum atomic E-state index is 4.80. The van der Waals surface area contributed by atoms with E-state index in [1.165, 1.54) is 31.2 Å². The molecule has 0 saturated carbocycles. The van der Waals surface area contributed by atoms with E-state index < -0.39 is 0 Å². The van der Waals surface area contributed by atoms with Gasteiger partial charge in [0.1, 0.15) is 5.82 Å². The molecule has 2 aliphatic heterocycles. The van der Waals surface area contributed by atoms with Crippen LogP contribution in [0, 0.1) is 0 Å². The van der Waals surface area contributed by atoms with E-state index in [4.69, 9.17) is 4.98 Å². The summed E-state index contributed by atoms with van der Waals surface area (Å²) in [6.07, 6.45) is 8.25. The monoisotopic (exact) mass is 351 g/mol. The third-order valence-corrected chi connectivity index (χ3v) is 5.43. The third kappa shape index (κ3) is 4.52. The van der Waals surface area contributed by atoms with Gasteiger partial charge < -0.3 is 10.2 Å². The molecule has 0 aliphatic carbocycles. The zero-order chi connectivity index (χ0) is 17.6. The Morgan fingerprint density at radius 2 is 1.77 bits per heavy atom. The quantitative estimate of drug-likeness (QED) is 0.892. The number of benzene rings is 1. The van der Waals surface area contributed by atoms with Gasteiger partial charge in [0.2, 0.25) is 5.95 Å². The van der Waals surface area contributed by atoms with E-state index in [1.807, 2.05) is 12.3 Å². The Kier molecular flexibility index (Phi) is 5.65. The van der Waals surface area contributed by atoms with Crippen LogP contribution in [-0.2, 0) is 6.54 Å². The molecule has 1 unspecified atom stereocenters. The second kappa shape index (κ2) is 8.49. The molecular weight excluding hydrogens is 322 g/mol. The lowest BCUT2D eigenvalue weighted by atomic mass is 10.2. The molecule has 2 aromatic rings. The van der Waals surface area contributed by atoms with Crippen molar-refractivity contribution >= 4 is 11.8 Å². The van der Waals surface area contributed by atoms with Crippen molar-refractivity contribution < 1.29 is 0 Å². The van der Waals surface area contributed by atoms with Crippen LogP contribution < -0.4 is 10.2 Å². The minimum atomic E-state index is 0.429. The zero-order valence-corrected chi connectivity index (χ0v) is 15.5. The van der Waals surface area contributed by atoms with Crippen LogP contribution in [-0.4, -0.2) is 47.1 Å². The Morgan fingerprint density at radius 1 is 0.962 bits per heavy atom. The fourth-order valence-electron chi connectivity index (χ4n) is 4.01. The summed E-state index contributed by atoms with van der Waals surface area (Å²) in [5, 5.41) is 3.56. The van der Waals surface area contributed by atoms with Gasteiger partial charge in [0.15, 0.2) is 0 Å². The van der Waals surface area contributed by atoms with Gasteiger partial charge in [-0.1, -0.05) is 43.2 Å². The normalized spacial score (nSPS) is 21.5. The van der Waals surface area contributed by atoms with E-state index in [1.54, 1.807) is 0 Å². The first kappa shape index (κ1) is 17.3. The molecule has 0 amide bonds. The second-order valence-corrected chi connectivity index (χ2v) is 7.49. The van der Waals surface area contributed by atoms with Crippen LogP contribution >= 0.6 is 0 Å². The van der Waals surface area contributed by atoms with Crippen molar-refractivity contribution in [1.29, 1.82) is 0 Å². The Morgan fingerprint density at radius 3 is 2.58 bits per heavy atom. The number of nitrogens with zero attached hydrogens (tertiary/aromatic N) is 4. The van der Waals surface area contributed by atoms with Gasteiger partial charge >= 0.3 is 0 Å². The molecule has 3 heterocycles. The minimum Gasteiger partial charge on any atom is -0.356 e. The van der Waals surface area contributed by atoms with Gasteiger partial charge in [0.05, 0.1) is 0 Å². The molecule has 5 heteroatoms. The molecular formula is C21H29N5. The minimum absolute atomic E-state index is 0.429. The number of aromatic nitrogens is 2. The first-order valence-electron chi connectivity index (χ1n) is 9.98. The van der Waals surface area contributed by atoms with E-state index in [0.29, 0.717) is 6.04 Å². The Hall–Kier alpha value is -2.14. The summed E-state index contributed by atoms with van der Waals surface area (Å²) in [6.45, 7) is 5.42. The van der Waals surface area contributed by atoms with Crippen LogP contribution in [0.5, 0.6) is 0 Å². The molecule has 0 bridgehead atoms. The standard InChI is InChI=1S/C21H29N5/c1-2-7-14-26(13-6-1)20-10-12-22-21(24-20)23-19-11-15-25(17-19)16-18-8-4-3-5-9-18/h3-5,8-10,12,19H,1-2,6-7,11,13-17H2,(H,22,23,24). The van der Waals surface area contributed by atoms with Gasteiger partial charge in [-0.05, 0) is 30.9 Å². The molecule has 5 nitrogen and oxygen atoms in total. The third-order valence-electron chi connectivity index (χ3n) is 5.43. The molecule has 1 aromatic carbocycles. The highest BCUT2D eigenvalue weighted by atomic mass is 15.3. The summed E-state index contributed by atoms with van der Waals surface area (Å²) in [4.78, 5) is 14.2. The molecule has 1 N–H and O–H groups in total. The van der Waals surface area contributed by atoms with Crippen molar-refractivity contribution in [3.8, 4) is 0 Å². The maximum Gasteiger partial charge on any atom is 0.224 e. The van der Waals surface area contributed by atoms with Gasteiger partial charge in [-0.2, -0.15) is 4.98 Å². The van der Waals surface area contributed by atoms with Gasteiger partial charge in [-0.15, -0.1) is 0 Å². The topological polar surface area (TPSA) is 44.3 Å². The number of hydrogen-bond acceptors (Lipinski definition) is 5. The Labute approximate surface area is 156 Å². The maximum absolute atomic E-state index is 4.80. The van der Waals surface area contributed by atoms with E-state index in [9.17, 15) is 0 Å². The van der Waals surface area contributed by atoms with Crippen LogP contribution in [0.15, 0.2) is 42.6 Å². The van der Waals surface area contributed by atoms with Crippen molar-refractivity contribution in [2.75, 3.05) is 36.4 Å². The van der Waals surface area contributed by atoms with Gasteiger partial charge in [0.25, 0.3) is 0 Å². The summed E-state index contributed by atoms with van der Waals surface area (Å²) in [5.74, 6) is 1.85. The average molecular weight is 351 g/mol. The van der Waals surface area contributed by atoms with Gasteiger partial charge in [0, 0.05) is 45.0 Å². The van der Waals surface area contributed by atoms with Gasteiger partial charge in [-0.25, -0.2) is 4.98 Å². The average Bonchev–Trinajstić information content (AvgIpc) is 2.94. The zero-order valence-electron chi connectivity index (χ0n) is 15.5. The lowest BCUT2D eigenvalue weighted by molar-refractivity contribution is 0.328. The lowest BCUT2D eigenvalue weighted by Crippen LogP contribution is -2.28. The van der Waals surface area contributed by atoms with E-state index >= 15 is 0 Å². The number of anilines is 2.